The number of carbonyl (C=O) groups is 1. The molecule has 0 aromatic carbocycles. The molecule has 0 saturated carbocycles. The lowest BCUT2D eigenvalue weighted by atomic mass is 10.2. The summed E-state index contributed by atoms with van der Waals surface area (Å²) in [5.41, 5.74) is 1.03. The van der Waals surface area contributed by atoms with Crippen LogP contribution in [0.1, 0.15) is 10.4 Å². The first-order chi connectivity index (χ1) is 7.72. The van der Waals surface area contributed by atoms with Gasteiger partial charge in [0.1, 0.15) is 17.5 Å². The fourth-order valence-electron chi connectivity index (χ4n) is 1.25. The molecule has 2 heterocycles. The number of pyridine rings is 1. The van der Waals surface area contributed by atoms with Gasteiger partial charge in [-0.2, -0.15) is 0 Å². The van der Waals surface area contributed by atoms with Gasteiger partial charge in [-0.25, -0.2) is 9.78 Å². The van der Waals surface area contributed by atoms with Crippen LogP contribution in [-0.2, 0) is 0 Å². The molecule has 0 aliphatic rings. The number of nitrogens with zero attached hydrogens (tertiary/aromatic N) is 2. The Labute approximate surface area is 90.5 Å². The summed E-state index contributed by atoms with van der Waals surface area (Å²) >= 11 is 0. The van der Waals surface area contributed by atoms with Gasteiger partial charge in [0, 0.05) is 6.07 Å². The topological polar surface area (TPSA) is 85.5 Å². The third kappa shape index (κ3) is 1.72. The first-order valence-corrected chi connectivity index (χ1v) is 4.41. The summed E-state index contributed by atoms with van der Waals surface area (Å²) in [4.78, 5) is 14.9. The summed E-state index contributed by atoms with van der Waals surface area (Å²) in [5.74, 6) is -1.04. The molecule has 0 saturated heterocycles. The zero-order valence-electron chi connectivity index (χ0n) is 8.38. The van der Waals surface area contributed by atoms with Crippen molar-refractivity contribution in [3.05, 3.63) is 30.0 Å². The van der Waals surface area contributed by atoms with Crippen LogP contribution < -0.4 is 4.74 Å². The summed E-state index contributed by atoms with van der Waals surface area (Å²) in [5, 5.41) is 12.6. The number of aromatic nitrogens is 2. The molecule has 82 valence electrons. The molecule has 0 radical (unpaired) electrons. The number of hydrogen-bond donors (Lipinski definition) is 1. The zero-order chi connectivity index (χ0) is 11.5. The number of aromatic carboxylic acids is 1. The van der Waals surface area contributed by atoms with Gasteiger partial charge in [-0.1, -0.05) is 5.16 Å². The van der Waals surface area contributed by atoms with E-state index in [-0.39, 0.29) is 11.4 Å². The van der Waals surface area contributed by atoms with Gasteiger partial charge in [0.15, 0.2) is 0 Å². The summed E-state index contributed by atoms with van der Waals surface area (Å²) in [6, 6.07) is 4.59. The van der Waals surface area contributed by atoms with E-state index in [9.17, 15) is 4.79 Å². The van der Waals surface area contributed by atoms with Gasteiger partial charge in [-0.05, 0) is 12.1 Å². The van der Waals surface area contributed by atoms with Crippen molar-refractivity contribution in [3.8, 4) is 17.3 Å². The zero-order valence-corrected chi connectivity index (χ0v) is 8.38. The van der Waals surface area contributed by atoms with E-state index < -0.39 is 5.97 Å². The average molecular weight is 220 g/mol. The van der Waals surface area contributed by atoms with Gasteiger partial charge >= 0.3 is 5.97 Å². The first-order valence-electron chi connectivity index (χ1n) is 4.41. The van der Waals surface area contributed by atoms with Gasteiger partial charge in [0.25, 0.3) is 0 Å². The summed E-state index contributed by atoms with van der Waals surface area (Å²) in [7, 11) is 1.36. The fourth-order valence-corrected chi connectivity index (χ4v) is 1.25. The molecule has 0 aliphatic heterocycles. The van der Waals surface area contributed by atoms with Crippen molar-refractivity contribution in [2.24, 2.45) is 0 Å². The van der Waals surface area contributed by atoms with Crippen molar-refractivity contribution < 1.29 is 19.2 Å². The molecule has 0 atom stereocenters. The summed E-state index contributed by atoms with van der Waals surface area (Å²) < 4.78 is 9.57. The van der Waals surface area contributed by atoms with E-state index in [1.807, 2.05) is 0 Å². The van der Waals surface area contributed by atoms with Crippen molar-refractivity contribution in [1.82, 2.24) is 10.1 Å². The van der Waals surface area contributed by atoms with Gasteiger partial charge in [0.2, 0.25) is 5.88 Å². The van der Waals surface area contributed by atoms with Gasteiger partial charge < -0.3 is 14.4 Å². The normalized spacial score (nSPS) is 10.1. The average Bonchev–Trinajstić information content (AvgIpc) is 2.81. The molecular formula is C10H8N2O4. The van der Waals surface area contributed by atoms with E-state index in [1.165, 1.54) is 19.4 Å². The molecular weight excluding hydrogens is 212 g/mol. The maximum absolute atomic E-state index is 10.8. The first kappa shape index (κ1) is 10.2. The van der Waals surface area contributed by atoms with Gasteiger partial charge in [-0.15, -0.1) is 0 Å². The molecule has 2 aromatic heterocycles. The molecule has 0 amide bonds. The molecule has 0 fully saturated rings. The van der Waals surface area contributed by atoms with Crippen LogP contribution >= 0.6 is 0 Å². The van der Waals surface area contributed by atoms with E-state index in [1.54, 1.807) is 12.1 Å². The fraction of sp³-hybridized carbons (Fsp3) is 0.100. The number of carboxylic acids is 1. The van der Waals surface area contributed by atoms with Crippen LogP contribution in [0.15, 0.2) is 29.0 Å². The van der Waals surface area contributed by atoms with Gasteiger partial charge in [-0.3, -0.25) is 0 Å². The quantitative estimate of drug-likeness (QED) is 0.842. The molecule has 6 nitrogen and oxygen atoms in total. The Bertz CT molecular complexity index is 508. The highest BCUT2D eigenvalue weighted by Crippen LogP contribution is 2.21. The smallest absolute Gasteiger partial charge is 0.341 e. The minimum absolute atomic E-state index is 0.00902. The Morgan fingerprint density at radius 3 is 2.75 bits per heavy atom. The predicted molar refractivity (Wildman–Crippen MR) is 53.2 cm³/mol. The minimum Gasteiger partial charge on any atom is -0.480 e. The predicted octanol–water partition coefficient (Wildman–Crippen LogP) is 1.44. The maximum atomic E-state index is 10.8. The highest BCUT2D eigenvalue weighted by Gasteiger charge is 2.14. The second kappa shape index (κ2) is 4.01. The molecule has 0 unspecified atom stereocenters. The van der Waals surface area contributed by atoms with E-state index in [0.29, 0.717) is 11.4 Å². The van der Waals surface area contributed by atoms with Crippen LogP contribution in [0.3, 0.4) is 0 Å². The second-order valence-corrected chi connectivity index (χ2v) is 2.94. The summed E-state index contributed by atoms with van der Waals surface area (Å²) in [6.45, 7) is 0. The molecule has 16 heavy (non-hydrogen) atoms. The molecule has 2 aromatic rings. The van der Waals surface area contributed by atoms with Crippen molar-refractivity contribution >= 4 is 5.97 Å². The second-order valence-electron chi connectivity index (χ2n) is 2.94. The van der Waals surface area contributed by atoms with Crippen molar-refractivity contribution in [2.75, 3.05) is 7.11 Å². The molecule has 0 bridgehead atoms. The number of ether oxygens (including phenoxy) is 1. The van der Waals surface area contributed by atoms with E-state index >= 15 is 0 Å². The Morgan fingerprint density at radius 2 is 2.19 bits per heavy atom. The van der Waals surface area contributed by atoms with Gasteiger partial charge in [0.05, 0.1) is 12.8 Å². The van der Waals surface area contributed by atoms with E-state index in [0.717, 1.165) is 0 Å². The van der Waals surface area contributed by atoms with Crippen molar-refractivity contribution in [1.29, 1.82) is 0 Å². The Hall–Kier alpha value is -2.37. The van der Waals surface area contributed by atoms with E-state index in [2.05, 4.69) is 14.7 Å². The van der Waals surface area contributed by atoms with Crippen LogP contribution in [0.5, 0.6) is 5.88 Å². The maximum Gasteiger partial charge on any atom is 0.341 e. The minimum atomic E-state index is -1.09. The molecule has 2 rings (SSSR count). The SMILES string of the molecule is COc1nc(-c2ccon2)ccc1C(=O)O. The third-order valence-electron chi connectivity index (χ3n) is 1.98. The number of hydrogen-bond acceptors (Lipinski definition) is 5. The highest BCUT2D eigenvalue weighted by atomic mass is 16.5. The standard InChI is InChI=1S/C10H8N2O4/c1-15-9-6(10(13)14)2-3-7(11-9)8-4-5-16-12-8/h2-5H,1H3,(H,13,14). The lowest BCUT2D eigenvalue weighted by molar-refractivity contribution is 0.0692. The van der Waals surface area contributed by atoms with Crippen molar-refractivity contribution in [3.63, 3.8) is 0 Å². The van der Waals surface area contributed by atoms with E-state index in [4.69, 9.17) is 9.84 Å². The van der Waals surface area contributed by atoms with Crippen LogP contribution in [0.4, 0.5) is 0 Å². The Kier molecular flexibility index (Phi) is 2.55. The van der Waals surface area contributed by atoms with Crippen LogP contribution in [-0.4, -0.2) is 28.3 Å². The molecule has 0 spiro atoms. The van der Waals surface area contributed by atoms with Crippen LogP contribution in [0, 0.1) is 0 Å². The van der Waals surface area contributed by atoms with Crippen LogP contribution in [0.25, 0.3) is 11.4 Å². The number of methoxy groups -OCH3 is 1. The molecule has 0 aliphatic carbocycles. The number of rotatable bonds is 3. The number of carboxylic acid groups (broad SMARTS) is 1. The third-order valence-corrected chi connectivity index (χ3v) is 1.98. The highest BCUT2D eigenvalue weighted by molar-refractivity contribution is 5.90. The summed E-state index contributed by atoms with van der Waals surface area (Å²) in [6.07, 6.45) is 1.41. The van der Waals surface area contributed by atoms with Crippen molar-refractivity contribution in [2.45, 2.75) is 0 Å². The largest absolute Gasteiger partial charge is 0.480 e. The van der Waals surface area contributed by atoms with Crippen LogP contribution in [0.2, 0.25) is 0 Å². The lowest BCUT2D eigenvalue weighted by Gasteiger charge is -2.04. The Morgan fingerprint density at radius 1 is 1.38 bits per heavy atom. The monoisotopic (exact) mass is 220 g/mol. The molecule has 6 heteroatoms. The molecule has 1 N–H and O–H groups in total. The lowest BCUT2D eigenvalue weighted by Crippen LogP contribution is -2.03. The Balaban J connectivity index is 2.49.